The largest absolute Gasteiger partial charge is 0.392 e. The highest BCUT2D eigenvalue weighted by atomic mass is 19.4. The highest BCUT2D eigenvalue weighted by molar-refractivity contribution is 4.91. The zero-order valence-corrected chi connectivity index (χ0v) is 8.12. The highest BCUT2D eigenvalue weighted by Crippen LogP contribution is 2.53. The van der Waals surface area contributed by atoms with Gasteiger partial charge in [-0.15, -0.1) is 0 Å². The van der Waals surface area contributed by atoms with Crippen LogP contribution in [-0.2, 0) is 0 Å². The molecule has 1 fully saturated rings. The summed E-state index contributed by atoms with van der Waals surface area (Å²) in [5.41, 5.74) is 0. The van der Waals surface area contributed by atoms with Gasteiger partial charge in [-0.05, 0) is 18.8 Å². The first-order valence-corrected chi connectivity index (χ1v) is 4.81. The molecular weight excluding hydrogens is 222 g/mol. The van der Waals surface area contributed by atoms with Crippen molar-refractivity contribution < 1.29 is 26.3 Å². The molecule has 3 atom stereocenters. The van der Waals surface area contributed by atoms with Crippen molar-refractivity contribution in [3.8, 4) is 0 Å². The number of halogens is 6. The summed E-state index contributed by atoms with van der Waals surface area (Å²) in [6.07, 6.45) is -9.70. The molecule has 0 N–H and O–H groups in total. The molecule has 3 unspecified atom stereocenters. The molecule has 1 rings (SSSR count). The Kier molecular flexibility index (Phi) is 3.26. The lowest BCUT2D eigenvalue weighted by Gasteiger charge is -2.28. The Hall–Kier alpha value is -0.420. The van der Waals surface area contributed by atoms with Crippen LogP contribution in [0, 0.1) is 17.8 Å². The van der Waals surface area contributed by atoms with Crippen LogP contribution in [0.4, 0.5) is 26.3 Å². The number of alkyl halides is 6. The third-order valence-electron chi connectivity index (χ3n) is 3.11. The molecule has 0 saturated heterocycles. The van der Waals surface area contributed by atoms with Gasteiger partial charge in [-0.1, -0.05) is 13.3 Å². The first-order chi connectivity index (χ1) is 6.68. The SMILES string of the molecule is CCC1CCC(C(F)(F)F)C1C(F)(F)F. The molecule has 0 amide bonds. The Labute approximate surface area is 83.6 Å². The van der Waals surface area contributed by atoms with E-state index in [2.05, 4.69) is 0 Å². The molecule has 0 bridgehead atoms. The fourth-order valence-electron chi connectivity index (χ4n) is 2.40. The van der Waals surface area contributed by atoms with Gasteiger partial charge in [-0.2, -0.15) is 26.3 Å². The van der Waals surface area contributed by atoms with E-state index in [1.807, 2.05) is 0 Å². The maximum absolute atomic E-state index is 12.5. The lowest BCUT2D eigenvalue weighted by molar-refractivity contribution is -0.252. The Morgan fingerprint density at radius 3 is 1.80 bits per heavy atom. The first-order valence-electron chi connectivity index (χ1n) is 4.81. The molecule has 90 valence electrons. The van der Waals surface area contributed by atoms with Crippen molar-refractivity contribution in [1.29, 1.82) is 0 Å². The molecule has 0 aliphatic heterocycles. The van der Waals surface area contributed by atoms with Crippen molar-refractivity contribution in [3.05, 3.63) is 0 Å². The number of hydrogen-bond acceptors (Lipinski definition) is 0. The molecule has 15 heavy (non-hydrogen) atoms. The molecule has 0 aromatic carbocycles. The van der Waals surface area contributed by atoms with Crippen molar-refractivity contribution in [2.75, 3.05) is 0 Å². The van der Waals surface area contributed by atoms with Crippen LogP contribution in [-0.4, -0.2) is 12.4 Å². The quantitative estimate of drug-likeness (QED) is 0.597. The standard InChI is InChI=1S/C9H12F6/c1-2-5-3-4-6(8(10,11)12)7(5)9(13,14)15/h5-7H,2-4H2,1H3. The molecule has 0 spiro atoms. The minimum atomic E-state index is -4.74. The normalized spacial score (nSPS) is 33.4. The van der Waals surface area contributed by atoms with Gasteiger partial charge in [0.15, 0.2) is 0 Å². The summed E-state index contributed by atoms with van der Waals surface area (Å²) >= 11 is 0. The van der Waals surface area contributed by atoms with Gasteiger partial charge in [0.25, 0.3) is 0 Å². The molecule has 0 aromatic rings. The summed E-state index contributed by atoms with van der Waals surface area (Å²) < 4.78 is 74.5. The van der Waals surface area contributed by atoms with E-state index in [9.17, 15) is 26.3 Å². The van der Waals surface area contributed by atoms with E-state index < -0.39 is 36.5 Å². The van der Waals surface area contributed by atoms with E-state index >= 15 is 0 Å². The van der Waals surface area contributed by atoms with Crippen LogP contribution in [0.5, 0.6) is 0 Å². The lowest BCUT2D eigenvalue weighted by Crippen LogP contribution is -2.38. The maximum atomic E-state index is 12.5. The van der Waals surface area contributed by atoms with E-state index in [0.29, 0.717) is 0 Å². The minimum absolute atomic E-state index is 0.0187. The Bertz CT molecular complexity index is 216. The fraction of sp³-hybridized carbons (Fsp3) is 1.00. The van der Waals surface area contributed by atoms with Gasteiger partial charge in [-0.3, -0.25) is 0 Å². The van der Waals surface area contributed by atoms with Gasteiger partial charge in [0.1, 0.15) is 0 Å². The molecule has 1 aliphatic rings. The molecule has 6 heteroatoms. The van der Waals surface area contributed by atoms with Crippen molar-refractivity contribution >= 4 is 0 Å². The average Bonchev–Trinajstić information content (AvgIpc) is 2.44. The minimum Gasteiger partial charge on any atom is -0.171 e. The topological polar surface area (TPSA) is 0 Å². The lowest BCUT2D eigenvalue weighted by atomic mass is 9.87. The second-order valence-corrected chi connectivity index (χ2v) is 3.96. The van der Waals surface area contributed by atoms with Gasteiger partial charge >= 0.3 is 12.4 Å². The summed E-state index contributed by atoms with van der Waals surface area (Å²) in [5, 5.41) is 0. The van der Waals surface area contributed by atoms with Gasteiger partial charge in [-0.25, -0.2) is 0 Å². The van der Waals surface area contributed by atoms with Gasteiger partial charge in [0, 0.05) is 0 Å². The van der Waals surface area contributed by atoms with Crippen LogP contribution >= 0.6 is 0 Å². The summed E-state index contributed by atoms with van der Waals surface area (Å²) in [7, 11) is 0. The zero-order valence-electron chi connectivity index (χ0n) is 8.12. The first kappa shape index (κ1) is 12.6. The van der Waals surface area contributed by atoms with E-state index in [4.69, 9.17) is 0 Å². The summed E-state index contributed by atoms with van der Waals surface area (Å²) in [5.74, 6) is -5.29. The monoisotopic (exact) mass is 234 g/mol. The van der Waals surface area contributed by atoms with Crippen LogP contribution in [0.15, 0.2) is 0 Å². The van der Waals surface area contributed by atoms with Gasteiger partial charge in [0.2, 0.25) is 0 Å². The smallest absolute Gasteiger partial charge is 0.171 e. The van der Waals surface area contributed by atoms with E-state index in [-0.39, 0.29) is 12.8 Å². The molecular formula is C9H12F6. The molecule has 0 heterocycles. The third-order valence-corrected chi connectivity index (χ3v) is 3.11. The van der Waals surface area contributed by atoms with E-state index in [1.165, 1.54) is 6.92 Å². The molecule has 0 aromatic heterocycles. The van der Waals surface area contributed by atoms with Crippen LogP contribution < -0.4 is 0 Å². The van der Waals surface area contributed by atoms with Crippen molar-refractivity contribution in [1.82, 2.24) is 0 Å². The fourth-order valence-corrected chi connectivity index (χ4v) is 2.40. The summed E-state index contributed by atoms with van der Waals surface area (Å²) in [6, 6.07) is 0. The number of hydrogen-bond donors (Lipinski definition) is 0. The molecule has 1 aliphatic carbocycles. The van der Waals surface area contributed by atoms with E-state index in [1.54, 1.807) is 0 Å². The molecule has 0 radical (unpaired) electrons. The van der Waals surface area contributed by atoms with Gasteiger partial charge in [0.05, 0.1) is 11.8 Å². The van der Waals surface area contributed by atoms with Gasteiger partial charge < -0.3 is 0 Å². The Morgan fingerprint density at radius 2 is 1.47 bits per heavy atom. The Balaban J connectivity index is 2.92. The van der Waals surface area contributed by atoms with E-state index in [0.717, 1.165) is 0 Å². The van der Waals surface area contributed by atoms with Crippen LogP contribution in [0.1, 0.15) is 26.2 Å². The van der Waals surface area contributed by atoms with Crippen LogP contribution in [0.25, 0.3) is 0 Å². The second kappa shape index (κ2) is 3.87. The maximum Gasteiger partial charge on any atom is 0.392 e. The molecule has 1 saturated carbocycles. The van der Waals surface area contributed by atoms with Crippen molar-refractivity contribution in [3.63, 3.8) is 0 Å². The van der Waals surface area contributed by atoms with Crippen molar-refractivity contribution in [2.24, 2.45) is 17.8 Å². The summed E-state index contributed by atoms with van der Waals surface area (Å²) in [4.78, 5) is 0. The zero-order chi connectivity index (χ0) is 11.9. The third kappa shape index (κ3) is 2.58. The average molecular weight is 234 g/mol. The predicted octanol–water partition coefficient (Wildman–Crippen LogP) is 4.16. The summed E-state index contributed by atoms with van der Waals surface area (Å²) in [6.45, 7) is 1.50. The number of rotatable bonds is 1. The van der Waals surface area contributed by atoms with Crippen LogP contribution in [0.3, 0.4) is 0 Å². The van der Waals surface area contributed by atoms with Crippen LogP contribution in [0.2, 0.25) is 0 Å². The van der Waals surface area contributed by atoms with Crippen molar-refractivity contribution in [2.45, 2.75) is 38.5 Å². The molecule has 0 nitrogen and oxygen atoms in total. The Morgan fingerprint density at radius 1 is 0.933 bits per heavy atom. The predicted molar refractivity (Wildman–Crippen MR) is 42.1 cm³/mol. The highest BCUT2D eigenvalue weighted by Gasteiger charge is 2.60. The second-order valence-electron chi connectivity index (χ2n) is 3.96.